The van der Waals surface area contributed by atoms with Crippen LogP contribution in [-0.4, -0.2) is 23.7 Å². The van der Waals surface area contributed by atoms with Gasteiger partial charge in [-0.2, -0.15) is 0 Å². The van der Waals surface area contributed by atoms with E-state index in [2.05, 4.69) is 5.32 Å². The summed E-state index contributed by atoms with van der Waals surface area (Å²) in [6.45, 7) is 4.45. The Kier molecular flexibility index (Phi) is 4.00. The number of aliphatic carboxylic acids is 1. The minimum atomic E-state index is -0.693. The maximum atomic E-state index is 11.0. The smallest absolute Gasteiger partial charge is 0.309 e. The molecule has 2 fully saturated rings. The fourth-order valence-corrected chi connectivity index (χ4v) is 3.54. The Labute approximate surface area is 110 Å². The van der Waals surface area contributed by atoms with Crippen molar-refractivity contribution in [3.05, 3.63) is 0 Å². The van der Waals surface area contributed by atoms with E-state index in [0.29, 0.717) is 17.9 Å². The van der Waals surface area contributed by atoms with Crippen LogP contribution in [0.3, 0.4) is 0 Å². The van der Waals surface area contributed by atoms with Crippen molar-refractivity contribution in [3.8, 4) is 0 Å². The lowest BCUT2D eigenvalue weighted by molar-refractivity contribution is -0.147. The Morgan fingerprint density at radius 1 is 1.28 bits per heavy atom. The van der Waals surface area contributed by atoms with Gasteiger partial charge in [0.1, 0.15) is 0 Å². The molecule has 2 rings (SSSR count). The summed E-state index contributed by atoms with van der Waals surface area (Å²) in [7, 11) is 0. The molecule has 0 aliphatic heterocycles. The van der Waals surface area contributed by atoms with Gasteiger partial charge in [0.25, 0.3) is 0 Å². The van der Waals surface area contributed by atoms with Gasteiger partial charge in [-0.3, -0.25) is 4.79 Å². The molecule has 104 valence electrons. The van der Waals surface area contributed by atoms with E-state index in [9.17, 15) is 4.79 Å². The van der Waals surface area contributed by atoms with E-state index in [4.69, 9.17) is 5.11 Å². The molecule has 0 aromatic rings. The summed E-state index contributed by atoms with van der Waals surface area (Å²) in [6, 6.07) is 0.646. The Balaban J connectivity index is 1.64. The summed E-state index contributed by atoms with van der Waals surface area (Å²) in [6.07, 6.45) is 10.5. The van der Waals surface area contributed by atoms with E-state index in [1.165, 1.54) is 44.9 Å². The van der Waals surface area contributed by atoms with Crippen LogP contribution >= 0.6 is 0 Å². The van der Waals surface area contributed by atoms with Crippen molar-refractivity contribution in [1.82, 2.24) is 5.32 Å². The first kappa shape index (κ1) is 13.9. The number of hydrogen-bond donors (Lipinski definition) is 2. The van der Waals surface area contributed by atoms with Gasteiger partial charge in [0.05, 0.1) is 5.41 Å². The molecule has 2 N–H and O–H groups in total. The minimum Gasteiger partial charge on any atom is -0.481 e. The molecule has 0 heterocycles. The van der Waals surface area contributed by atoms with Crippen molar-refractivity contribution in [1.29, 1.82) is 0 Å². The third-order valence-electron chi connectivity index (χ3n) is 5.04. The summed E-state index contributed by atoms with van der Waals surface area (Å²) in [5.74, 6) is -0.693. The molecule has 1 spiro atoms. The minimum absolute atomic E-state index is 0.598. The summed E-state index contributed by atoms with van der Waals surface area (Å²) < 4.78 is 0. The highest BCUT2D eigenvalue weighted by Gasteiger charge is 2.44. The van der Waals surface area contributed by atoms with Crippen molar-refractivity contribution >= 4 is 5.97 Å². The van der Waals surface area contributed by atoms with Gasteiger partial charge in [-0.1, -0.05) is 19.3 Å². The van der Waals surface area contributed by atoms with Crippen LogP contribution in [0.15, 0.2) is 0 Å². The number of hydrogen-bond acceptors (Lipinski definition) is 2. The summed E-state index contributed by atoms with van der Waals surface area (Å²) in [4.78, 5) is 11.0. The van der Waals surface area contributed by atoms with Gasteiger partial charge in [0.2, 0.25) is 0 Å². The molecule has 0 radical (unpaired) electrons. The molecular formula is C15H27NO2. The van der Waals surface area contributed by atoms with Crippen LogP contribution in [0.1, 0.15) is 65.2 Å². The quantitative estimate of drug-likeness (QED) is 0.791. The van der Waals surface area contributed by atoms with E-state index in [1.54, 1.807) is 13.8 Å². The second kappa shape index (κ2) is 5.20. The molecule has 2 aliphatic rings. The summed E-state index contributed by atoms with van der Waals surface area (Å²) in [5.41, 5.74) is 0.0670. The van der Waals surface area contributed by atoms with Crippen LogP contribution in [0, 0.1) is 10.8 Å². The van der Waals surface area contributed by atoms with E-state index >= 15 is 0 Å². The zero-order chi connectivity index (χ0) is 13.2. The first-order chi connectivity index (χ1) is 8.44. The Bertz CT molecular complexity index is 298. The molecule has 0 saturated heterocycles. The van der Waals surface area contributed by atoms with E-state index in [0.717, 1.165) is 6.54 Å². The zero-order valence-electron chi connectivity index (χ0n) is 11.8. The lowest BCUT2D eigenvalue weighted by atomic mass is 9.58. The molecule has 2 aliphatic carbocycles. The molecule has 0 atom stereocenters. The van der Waals surface area contributed by atoms with E-state index in [-0.39, 0.29) is 0 Å². The van der Waals surface area contributed by atoms with Gasteiger partial charge in [-0.25, -0.2) is 0 Å². The van der Waals surface area contributed by atoms with Gasteiger partial charge in [0.15, 0.2) is 0 Å². The van der Waals surface area contributed by atoms with Crippen LogP contribution < -0.4 is 5.32 Å². The van der Waals surface area contributed by atoms with Crippen LogP contribution in [0.5, 0.6) is 0 Å². The van der Waals surface area contributed by atoms with Crippen LogP contribution in [0.4, 0.5) is 0 Å². The molecule has 0 aromatic carbocycles. The predicted molar refractivity (Wildman–Crippen MR) is 72.6 cm³/mol. The Morgan fingerprint density at radius 2 is 1.89 bits per heavy atom. The molecule has 18 heavy (non-hydrogen) atoms. The number of nitrogens with one attached hydrogen (secondary N) is 1. The highest BCUT2D eigenvalue weighted by molar-refractivity contribution is 5.73. The fourth-order valence-electron chi connectivity index (χ4n) is 3.54. The van der Waals surface area contributed by atoms with Crippen molar-refractivity contribution < 1.29 is 9.90 Å². The fraction of sp³-hybridized carbons (Fsp3) is 0.933. The van der Waals surface area contributed by atoms with Gasteiger partial charge in [-0.05, 0) is 57.9 Å². The van der Waals surface area contributed by atoms with Crippen molar-refractivity contribution in [3.63, 3.8) is 0 Å². The normalized spacial score (nSPS) is 23.9. The average molecular weight is 253 g/mol. The second-order valence-electron chi connectivity index (χ2n) is 7.06. The first-order valence-electron chi connectivity index (χ1n) is 7.40. The first-order valence-corrected chi connectivity index (χ1v) is 7.40. The Morgan fingerprint density at radius 3 is 2.44 bits per heavy atom. The molecule has 3 nitrogen and oxygen atoms in total. The average Bonchev–Trinajstić information content (AvgIpc) is 2.27. The van der Waals surface area contributed by atoms with Crippen LogP contribution in [0.2, 0.25) is 0 Å². The van der Waals surface area contributed by atoms with Crippen LogP contribution in [0.25, 0.3) is 0 Å². The van der Waals surface area contributed by atoms with Crippen molar-refractivity contribution in [2.75, 3.05) is 6.54 Å². The second-order valence-corrected chi connectivity index (χ2v) is 7.06. The maximum absolute atomic E-state index is 11.0. The van der Waals surface area contributed by atoms with Gasteiger partial charge < -0.3 is 10.4 Å². The standard InChI is InChI=1S/C15H27NO2/c1-14(2,13(17)18)8-9-16-12-10-15(11-12)6-4-3-5-7-15/h12,16H,3-11H2,1-2H3,(H,17,18). The lowest BCUT2D eigenvalue weighted by Gasteiger charge is -2.50. The molecule has 0 aromatic heterocycles. The monoisotopic (exact) mass is 253 g/mol. The number of carbonyl (C=O) groups is 1. The molecule has 0 unspecified atom stereocenters. The lowest BCUT2D eigenvalue weighted by Crippen LogP contribution is -2.50. The van der Waals surface area contributed by atoms with Crippen LogP contribution in [-0.2, 0) is 4.79 Å². The molecule has 0 amide bonds. The highest BCUT2D eigenvalue weighted by Crippen LogP contribution is 2.51. The third-order valence-corrected chi connectivity index (χ3v) is 5.04. The topological polar surface area (TPSA) is 49.3 Å². The number of carboxylic acids is 1. The van der Waals surface area contributed by atoms with Gasteiger partial charge in [0, 0.05) is 6.04 Å². The summed E-state index contributed by atoms with van der Waals surface area (Å²) >= 11 is 0. The predicted octanol–water partition coefficient (Wildman–Crippen LogP) is 3.19. The highest BCUT2D eigenvalue weighted by atomic mass is 16.4. The van der Waals surface area contributed by atoms with E-state index in [1.807, 2.05) is 0 Å². The van der Waals surface area contributed by atoms with E-state index < -0.39 is 11.4 Å². The largest absolute Gasteiger partial charge is 0.481 e. The van der Waals surface area contributed by atoms with Gasteiger partial charge >= 0.3 is 5.97 Å². The van der Waals surface area contributed by atoms with Crippen molar-refractivity contribution in [2.45, 2.75) is 71.3 Å². The molecule has 0 bridgehead atoms. The molecular weight excluding hydrogens is 226 g/mol. The SMILES string of the molecule is CC(C)(CCNC1CC2(CCCCC2)C1)C(=O)O. The van der Waals surface area contributed by atoms with Gasteiger partial charge in [-0.15, -0.1) is 0 Å². The third kappa shape index (κ3) is 3.05. The molecule has 3 heteroatoms. The zero-order valence-corrected chi connectivity index (χ0v) is 11.8. The van der Waals surface area contributed by atoms with Crippen molar-refractivity contribution in [2.24, 2.45) is 10.8 Å². The molecule has 2 saturated carbocycles. The number of rotatable bonds is 5. The summed E-state index contributed by atoms with van der Waals surface area (Å²) in [5, 5.41) is 12.6. The Hall–Kier alpha value is -0.570. The number of carboxylic acid groups (broad SMARTS) is 1. The maximum Gasteiger partial charge on any atom is 0.309 e.